The molecule has 1 aromatic carbocycles. The van der Waals surface area contributed by atoms with Crippen molar-refractivity contribution in [2.24, 2.45) is 0 Å². The van der Waals surface area contributed by atoms with Gasteiger partial charge in [-0.15, -0.1) is 6.42 Å². The highest BCUT2D eigenvalue weighted by molar-refractivity contribution is 5.55. The summed E-state index contributed by atoms with van der Waals surface area (Å²) in [6.45, 7) is 0.601. The van der Waals surface area contributed by atoms with E-state index in [2.05, 4.69) is 5.92 Å². The summed E-state index contributed by atoms with van der Waals surface area (Å²) < 4.78 is 0. The number of nitrogen functional groups attached to an aromatic ring is 1. The Balaban J connectivity index is 2.82. The largest absolute Gasteiger partial charge is 0.399 e. The van der Waals surface area contributed by atoms with E-state index < -0.39 is 0 Å². The lowest BCUT2D eigenvalue weighted by atomic mass is 10.2. The first-order valence-corrected chi connectivity index (χ1v) is 3.74. The van der Waals surface area contributed by atoms with E-state index in [1.807, 2.05) is 36.2 Å². The topological polar surface area (TPSA) is 29.3 Å². The monoisotopic (exact) mass is 160 g/mol. The average molecular weight is 160 g/mol. The summed E-state index contributed by atoms with van der Waals surface area (Å²) in [6, 6.07) is 7.65. The van der Waals surface area contributed by atoms with Gasteiger partial charge in [-0.05, 0) is 18.2 Å². The molecule has 0 spiro atoms. The molecule has 0 bridgehead atoms. The highest BCUT2D eigenvalue weighted by Crippen LogP contribution is 2.14. The van der Waals surface area contributed by atoms with Crippen LogP contribution < -0.4 is 10.6 Å². The van der Waals surface area contributed by atoms with Crippen LogP contribution in [0.25, 0.3) is 0 Å². The molecule has 0 amide bonds. The van der Waals surface area contributed by atoms with Crippen LogP contribution in [0.1, 0.15) is 0 Å². The Morgan fingerprint density at radius 3 is 2.92 bits per heavy atom. The molecule has 0 aliphatic rings. The molecule has 0 radical (unpaired) electrons. The van der Waals surface area contributed by atoms with Crippen LogP contribution in [-0.2, 0) is 0 Å². The zero-order valence-corrected chi connectivity index (χ0v) is 7.12. The fourth-order valence-electron chi connectivity index (χ4n) is 0.990. The standard InChI is InChI=1S/C10H12N2/c1-3-7-12(2)10-6-4-5-9(11)8-10/h1,4-6,8H,7,11H2,2H3. The number of hydrogen-bond acceptors (Lipinski definition) is 2. The molecule has 0 aromatic heterocycles. The number of hydrogen-bond donors (Lipinski definition) is 1. The molecule has 0 fully saturated rings. The van der Waals surface area contributed by atoms with Crippen LogP contribution in [0.4, 0.5) is 11.4 Å². The second-order valence-corrected chi connectivity index (χ2v) is 2.66. The summed E-state index contributed by atoms with van der Waals surface area (Å²) >= 11 is 0. The predicted molar refractivity (Wildman–Crippen MR) is 53.0 cm³/mol. The Bertz CT molecular complexity index is 299. The Labute approximate surface area is 73.0 Å². The van der Waals surface area contributed by atoms with Crippen LogP contribution in [0.2, 0.25) is 0 Å². The van der Waals surface area contributed by atoms with Crippen molar-refractivity contribution in [3.05, 3.63) is 24.3 Å². The van der Waals surface area contributed by atoms with Gasteiger partial charge in [0.05, 0.1) is 6.54 Å². The molecule has 0 aliphatic carbocycles. The molecule has 0 atom stereocenters. The summed E-state index contributed by atoms with van der Waals surface area (Å²) in [5.74, 6) is 2.57. The number of rotatable bonds is 2. The smallest absolute Gasteiger partial charge is 0.0788 e. The van der Waals surface area contributed by atoms with Crippen LogP contribution in [0, 0.1) is 12.3 Å². The molecule has 1 aromatic rings. The first-order valence-electron chi connectivity index (χ1n) is 3.74. The molecule has 0 saturated carbocycles. The fourth-order valence-corrected chi connectivity index (χ4v) is 0.990. The zero-order valence-electron chi connectivity index (χ0n) is 7.12. The first-order chi connectivity index (χ1) is 5.74. The molecule has 2 heteroatoms. The lowest BCUT2D eigenvalue weighted by Gasteiger charge is -2.15. The van der Waals surface area contributed by atoms with Crippen molar-refractivity contribution in [2.45, 2.75) is 0 Å². The Hall–Kier alpha value is -1.62. The van der Waals surface area contributed by atoms with Crippen LogP contribution in [0.15, 0.2) is 24.3 Å². The van der Waals surface area contributed by atoms with E-state index in [-0.39, 0.29) is 0 Å². The highest BCUT2D eigenvalue weighted by Gasteiger charge is 1.97. The van der Waals surface area contributed by atoms with E-state index in [4.69, 9.17) is 12.2 Å². The molecule has 0 heterocycles. The summed E-state index contributed by atoms with van der Waals surface area (Å²) in [7, 11) is 1.94. The van der Waals surface area contributed by atoms with E-state index in [9.17, 15) is 0 Å². The second-order valence-electron chi connectivity index (χ2n) is 2.66. The second kappa shape index (κ2) is 3.68. The van der Waals surface area contributed by atoms with Crippen molar-refractivity contribution in [3.8, 4) is 12.3 Å². The maximum Gasteiger partial charge on any atom is 0.0788 e. The third-order valence-electron chi connectivity index (χ3n) is 1.64. The number of benzene rings is 1. The quantitative estimate of drug-likeness (QED) is 0.522. The van der Waals surface area contributed by atoms with Gasteiger partial charge in [-0.3, -0.25) is 0 Å². The maximum atomic E-state index is 5.61. The lowest BCUT2D eigenvalue weighted by Crippen LogP contribution is -2.16. The Morgan fingerprint density at radius 2 is 2.33 bits per heavy atom. The van der Waals surface area contributed by atoms with Gasteiger partial charge >= 0.3 is 0 Å². The molecule has 2 nitrogen and oxygen atoms in total. The van der Waals surface area contributed by atoms with Crippen LogP contribution >= 0.6 is 0 Å². The summed E-state index contributed by atoms with van der Waals surface area (Å²) in [4.78, 5) is 1.97. The molecular formula is C10H12N2. The molecule has 2 N–H and O–H groups in total. The summed E-state index contributed by atoms with van der Waals surface area (Å²) in [5, 5.41) is 0. The van der Waals surface area contributed by atoms with Gasteiger partial charge in [0.25, 0.3) is 0 Å². The van der Waals surface area contributed by atoms with Crippen LogP contribution in [-0.4, -0.2) is 13.6 Å². The molecule has 62 valence electrons. The molecule has 0 aliphatic heterocycles. The SMILES string of the molecule is C#CCN(C)c1cccc(N)c1. The minimum Gasteiger partial charge on any atom is -0.399 e. The van der Waals surface area contributed by atoms with Crippen molar-refractivity contribution in [1.82, 2.24) is 0 Å². The van der Waals surface area contributed by atoms with Crippen LogP contribution in [0.5, 0.6) is 0 Å². The van der Waals surface area contributed by atoms with Crippen LogP contribution in [0.3, 0.4) is 0 Å². The Morgan fingerprint density at radius 1 is 1.58 bits per heavy atom. The van der Waals surface area contributed by atoms with Gasteiger partial charge in [0, 0.05) is 18.4 Å². The van der Waals surface area contributed by atoms with E-state index >= 15 is 0 Å². The normalized spacial score (nSPS) is 9.00. The van der Waals surface area contributed by atoms with Gasteiger partial charge in [-0.1, -0.05) is 12.0 Å². The summed E-state index contributed by atoms with van der Waals surface area (Å²) in [6.07, 6.45) is 5.18. The maximum absolute atomic E-state index is 5.61. The minimum absolute atomic E-state index is 0.601. The molecule has 0 unspecified atom stereocenters. The van der Waals surface area contributed by atoms with Gasteiger partial charge < -0.3 is 10.6 Å². The van der Waals surface area contributed by atoms with E-state index in [0.29, 0.717) is 6.54 Å². The van der Waals surface area contributed by atoms with E-state index in [1.165, 1.54) is 0 Å². The van der Waals surface area contributed by atoms with Crippen molar-refractivity contribution >= 4 is 11.4 Å². The highest BCUT2D eigenvalue weighted by atomic mass is 15.1. The number of terminal acetylenes is 1. The molecular weight excluding hydrogens is 148 g/mol. The summed E-state index contributed by atoms with van der Waals surface area (Å²) in [5.41, 5.74) is 7.42. The lowest BCUT2D eigenvalue weighted by molar-refractivity contribution is 1.05. The van der Waals surface area contributed by atoms with Gasteiger partial charge in [0.1, 0.15) is 0 Å². The third-order valence-corrected chi connectivity index (χ3v) is 1.64. The van der Waals surface area contributed by atoms with Crippen molar-refractivity contribution in [3.63, 3.8) is 0 Å². The number of nitrogens with two attached hydrogens (primary N) is 1. The van der Waals surface area contributed by atoms with E-state index in [0.717, 1.165) is 11.4 Å². The zero-order chi connectivity index (χ0) is 8.97. The van der Waals surface area contributed by atoms with Gasteiger partial charge in [0.2, 0.25) is 0 Å². The third kappa shape index (κ3) is 1.93. The average Bonchev–Trinajstić information content (AvgIpc) is 2.05. The Kier molecular flexibility index (Phi) is 2.60. The van der Waals surface area contributed by atoms with Gasteiger partial charge in [-0.2, -0.15) is 0 Å². The number of nitrogens with zero attached hydrogens (tertiary/aromatic N) is 1. The minimum atomic E-state index is 0.601. The fraction of sp³-hybridized carbons (Fsp3) is 0.200. The number of anilines is 2. The van der Waals surface area contributed by atoms with Crippen molar-refractivity contribution in [2.75, 3.05) is 24.2 Å². The molecule has 0 saturated heterocycles. The van der Waals surface area contributed by atoms with Gasteiger partial charge in [-0.25, -0.2) is 0 Å². The van der Waals surface area contributed by atoms with Crippen molar-refractivity contribution < 1.29 is 0 Å². The van der Waals surface area contributed by atoms with Gasteiger partial charge in [0.15, 0.2) is 0 Å². The predicted octanol–water partition coefficient (Wildman–Crippen LogP) is 1.34. The first kappa shape index (κ1) is 8.48. The molecule has 12 heavy (non-hydrogen) atoms. The van der Waals surface area contributed by atoms with E-state index in [1.54, 1.807) is 0 Å². The molecule has 1 rings (SSSR count). The van der Waals surface area contributed by atoms with Crippen molar-refractivity contribution in [1.29, 1.82) is 0 Å².